The number of aliphatic carboxylic acids is 1. The van der Waals surface area contributed by atoms with Gasteiger partial charge in [-0.1, -0.05) is 67.6 Å². The van der Waals surface area contributed by atoms with Crippen LogP contribution in [0.15, 0.2) is 60.7 Å². The Morgan fingerprint density at radius 2 is 1.38 bits per heavy atom. The van der Waals surface area contributed by atoms with E-state index in [1.54, 1.807) is 0 Å². The summed E-state index contributed by atoms with van der Waals surface area (Å²) in [4.78, 5) is 13.5. The maximum atomic E-state index is 11.5. The standard InChI is InChI=1S/C18H21NO2/c1-2-17(18(20)21)19(13-15-9-5-3-6-10-15)14-16-11-7-4-8-12-16/h3-12,17H,2,13-14H2,1H3,(H,20,21)/t17-/m1/s1. The van der Waals surface area contributed by atoms with Crippen molar-refractivity contribution in [1.82, 2.24) is 4.90 Å². The minimum atomic E-state index is -0.760. The predicted octanol–water partition coefficient (Wildman–Crippen LogP) is 3.55. The van der Waals surface area contributed by atoms with Crippen molar-refractivity contribution in [3.8, 4) is 0 Å². The third-order valence-electron chi connectivity index (χ3n) is 3.57. The summed E-state index contributed by atoms with van der Waals surface area (Å²) < 4.78 is 0. The molecular formula is C18H21NO2. The predicted molar refractivity (Wildman–Crippen MR) is 83.8 cm³/mol. The van der Waals surface area contributed by atoms with Crippen LogP contribution in [-0.2, 0) is 17.9 Å². The summed E-state index contributed by atoms with van der Waals surface area (Å²) in [6, 6.07) is 19.5. The number of hydrogen-bond acceptors (Lipinski definition) is 2. The van der Waals surface area contributed by atoms with Crippen molar-refractivity contribution in [2.75, 3.05) is 0 Å². The van der Waals surface area contributed by atoms with Gasteiger partial charge in [0.05, 0.1) is 0 Å². The lowest BCUT2D eigenvalue weighted by molar-refractivity contribution is -0.144. The zero-order chi connectivity index (χ0) is 15.1. The van der Waals surface area contributed by atoms with Gasteiger partial charge in [0, 0.05) is 13.1 Å². The zero-order valence-corrected chi connectivity index (χ0v) is 12.3. The number of carboxylic acid groups (broad SMARTS) is 1. The van der Waals surface area contributed by atoms with Crippen LogP contribution in [0.5, 0.6) is 0 Å². The molecule has 0 saturated heterocycles. The van der Waals surface area contributed by atoms with E-state index in [2.05, 4.69) is 0 Å². The summed E-state index contributed by atoms with van der Waals surface area (Å²) in [5.41, 5.74) is 2.27. The van der Waals surface area contributed by atoms with Gasteiger partial charge in [0.1, 0.15) is 6.04 Å². The molecular weight excluding hydrogens is 262 g/mol. The molecule has 1 atom stereocenters. The van der Waals surface area contributed by atoms with Crippen LogP contribution in [0.2, 0.25) is 0 Å². The zero-order valence-electron chi connectivity index (χ0n) is 12.3. The SMILES string of the molecule is CC[C@H](C(=O)O)N(Cc1ccccc1)Cc1ccccc1. The Kier molecular flexibility index (Phi) is 5.52. The molecule has 2 rings (SSSR count). The highest BCUT2D eigenvalue weighted by Gasteiger charge is 2.23. The van der Waals surface area contributed by atoms with Gasteiger partial charge in [0.2, 0.25) is 0 Å². The molecule has 0 bridgehead atoms. The molecule has 0 aliphatic carbocycles. The fourth-order valence-corrected chi connectivity index (χ4v) is 2.50. The van der Waals surface area contributed by atoms with Gasteiger partial charge in [0.25, 0.3) is 0 Å². The summed E-state index contributed by atoms with van der Waals surface area (Å²) in [5.74, 6) is -0.760. The molecule has 2 aromatic carbocycles. The summed E-state index contributed by atoms with van der Waals surface area (Å²) >= 11 is 0. The van der Waals surface area contributed by atoms with Gasteiger partial charge in [-0.25, -0.2) is 0 Å². The largest absolute Gasteiger partial charge is 0.480 e. The molecule has 0 unspecified atom stereocenters. The second-order valence-electron chi connectivity index (χ2n) is 5.14. The minimum absolute atomic E-state index is 0.467. The van der Waals surface area contributed by atoms with Crippen molar-refractivity contribution in [2.45, 2.75) is 32.5 Å². The summed E-state index contributed by atoms with van der Waals surface area (Å²) in [7, 11) is 0. The quantitative estimate of drug-likeness (QED) is 0.844. The van der Waals surface area contributed by atoms with Crippen molar-refractivity contribution >= 4 is 5.97 Å². The molecule has 0 aromatic heterocycles. The number of carboxylic acids is 1. The molecule has 0 heterocycles. The molecule has 0 saturated carbocycles. The average molecular weight is 283 g/mol. The number of carbonyl (C=O) groups is 1. The Morgan fingerprint density at radius 3 is 1.71 bits per heavy atom. The molecule has 21 heavy (non-hydrogen) atoms. The Hall–Kier alpha value is -2.13. The van der Waals surface area contributed by atoms with E-state index in [0.29, 0.717) is 19.5 Å². The molecule has 2 aromatic rings. The molecule has 0 aliphatic rings. The number of hydrogen-bond donors (Lipinski definition) is 1. The second kappa shape index (κ2) is 7.60. The molecule has 3 heteroatoms. The molecule has 0 fully saturated rings. The monoisotopic (exact) mass is 283 g/mol. The molecule has 110 valence electrons. The fourth-order valence-electron chi connectivity index (χ4n) is 2.50. The van der Waals surface area contributed by atoms with Crippen LogP contribution in [0.25, 0.3) is 0 Å². The van der Waals surface area contributed by atoms with Gasteiger partial charge in [-0.15, -0.1) is 0 Å². The van der Waals surface area contributed by atoms with Gasteiger partial charge in [0.15, 0.2) is 0 Å². The average Bonchev–Trinajstić information content (AvgIpc) is 2.49. The maximum Gasteiger partial charge on any atom is 0.320 e. The van der Waals surface area contributed by atoms with Gasteiger partial charge < -0.3 is 5.11 Å². The van der Waals surface area contributed by atoms with Gasteiger partial charge in [-0.2, -0.15) is 0 Å². The summed E-state index contributed by atoms with van der Waals surface area (Å²) in [6.07, 6.45) is 0.592. The van der Waals surface area contributed by atoms with E-state index in [-0.39, 0.29) is 0 Å². The molecule has 3 nitrogen and oxygen atoms in total. The van der Waals surface area contributed by atoms with Crippen LogP contribution >= 0.6 is 0 Å². The van der Waals surface area contributed by atoms with Crippen LogP contribution in [0.4, 0.5) is 0 Å². The summed E-state index contributed by atoms with van der Waals surface area (Å²) in [5, 5.41) is 9.46. The third kappa shape index (κ3) is 4.43. The Bertz CT molecular complexity index is 512. The van der Waals surface area contributed by atoms with E-state index < -0.39 is 12.0 Å². The van der Waals surface area contributed by atoms with E-state index in [1.807, 2.05) is 72.5 Å². The van der Waals surface area contributed by atoms with Crippen molar-refractivity contribution in [1.29, 1.82) is 0 Å². The Labute approximate surface area is 125 Å². The van der Waals surface area contributed by atoms with Crippen LogP contribution in [-0.4, -0.2) is 22.0 Å². The van der Waals surface area contributed by atoms with Crippen molar-refractivity contribution in [2.24, 2.45) is 0 Å². The van der Waals surface area contributed by atoms with E-state index in [1.165, 1.54) is 0 Å². The second-order valence-corrected chi connectivity index (χ2v) is 5.14. The first-order valence-corrected chi connectivity index (χ1v) is 7.25. The highest BCUT2D eigenvalue weighted by atomic mass is 16.4. The first-order chi connectivity index (χ1) is 10.2. The molecule has 0 amide bonds. The highest BCUT2D eigenvalue weighted by Crippen LogP contribution is 2.15. The van der Waals surface area contributed by atoms with Crippen LogP contribution in [0.1, 0.15) is 24.5 Å². The smallest absolute Gasteiger partial charge is 0.320 e. The van der Waals surface area contributed by atoms with E-state index in [0.717, 1.165) is 11.1 Å². The van der Waals surface area contributed by atoms with Gasteiger partial charge >= 0.3 is 5.97 Å². The lowest BCUT2D eigenvalue weighted by atomic mass is 10.1. The Balaban J connectivity index is 2.19. The minimum Gasteiger partial charge on any atom is -0.480 e. The van der Waals surface area contributed by atoms with Gasteiger partial charge in [-0.3, -0.25) is 9.69 Å². The molecule has 0 aliphatic heterocycles. The first-order valence-electron chi connectivity index (χ1n) is 7.25. The lowest BCUT2D eigenvalue weighted by Gasteiger charge is -2.28. The van der Waals surface area contributed by atoms with Crippen LogP contribution in [0.3, 0.4) is 0 Å². The fraction of sp³-hybridized carbons (Fsp3) is 0.278. The topological polar surface area (TPSA) is 40.5 Å². The highest BCUT2D eigenvalue weighted by molar-refractivity contribution is 5.73. The van der Waals surface area contributed by atoms with Crippen molar-refractivity contribution in [3.63, 3.8) is 0 Å². The van der Waals surface area contributed by atoms with Gasteiger partial charge in [-0.05, 0) is 17.5 Å². The maximum absolute atomic E-state index is 11.5. The van der Waals surface area contributed by atoms with E-state index in [4.69, 9.17) is 0 Å². The summed E-state index contributed by atoms with van der Waals surface area (Å²) in [6.45, 7) is 3.20. The van der Waals surface area contributed by atoms with E-state index in [9.17, 15) is 9.90 Å². The molecule has 1 N–H and O–H groups in total. The lowest BCUT2D eigenvalue weighted by Crippen LogP contribution is -2.39. The number of nitrogens with zero attached hydrogens (tertiary/aromatic N) is 1. The van der Waals surface area contributed by atoms with Crippen LogP contribution < -0.4 is 0 Å². The third-order valence-corrected chi connectivity index (χ3v) is 3.57. The normalized spacial score (nSPS) is 12.3. The first kappa shape index (κ1) is 15.3. The molecule has 0 radical (unpaired) electrons. The molecule has 0 spiro atoms. The number of rotatable bonds is 7. The van der Waals surface area contributed by atoms with Crippen molar-refractivity contribution in [3.05, 3.63) is 71.8 Å². The van der Waals surface area contributed by atoms with Crippen molar-refractivity contribution < 1.29 is 9.90 Å². The van der Waals surface area contributed by atoms with Crippen LogP contribution in [0, 0.1) is 0 Å². The Morgan fingerprint density at radius 1 is 0.952 bits per heavy atom. The number of benzene rings is 2. The van der Waals surface area contributed by atoms with E-state index >= 15 is 0 Å².